The Balaban J connectivity index is 1.93. The summed E-state index contributed by atoms with van der Waals surface area (Å²) in [6.07, 6.45) is 0. The van der Waals surface area contributed by atoms with E-state index in [-0.39, 0.29) is 6.07 Å². The molecule has 76 heavy (non-hydrogen) atoms. The van der Waals surface area contributed by atoms with E-state index in [1.54, 1.807) is 9.44 Å². The molecule has 6 rings (SSSR count). The first-order valence-electron chi connectivity index (χ1n) is 20.1. The minimum atomic E-state index is -6.58. The molecule has 0 fully saturated rings. The Hall–Kier alpha value is -9.92. The van der Waals surface area contributed by atoms with E-state index in [0.717, 1.165) is 48.5 Å². The molecule has 0 radical (unpaired) electrons. The van der Waals surface area contributed by atoms with Crippen molar-refractivity contribution < 1.29 is 113 Å². The highest BCUT2D eigenvalue weighted by Crippen LogP contribution is 2.44. The Labute approximate surface area is 425 Å². The maximum atomic E-state index is 15.5. The number of carboxylic acid groups (broad SMARTS) is 8. The van der Waals surface area contributed by atoms with Crippen molar-refractivity contribution in [3.8, 4) is 11.1 Å². The molecule has 28 nitrogen and oxygen atoms in total. The first-order chi connectivity index (χ1) is 35.3. The largest absolute Gasteiger partial charge is 0.478 e. The van der Waals surface area contributed by atoms with Crippen molar-refractivity contribution in [3.05, 3.63) is 154 Å². The summed E-state index contributed by atoms with van der Waals surface area (Å²) in [6, 6.07) is 13.4. The molecular formula is C44H30N4O24S4. The van der Waals surface area contributed by atoms with Gasteiger partial charge in [-0.2, -0.15) is 0 Å². The smallest absolute Gasteiger partial charge is 0.338 e. The molecule has 6 aromatic carbocycles. The van der Waals surface area contributed by atoms with Gasteiger partial charge in [0.05, 0.1) is 67.3 Å². The van der Waals surface area contributed by atoms with E-state index < -0.39 is 186 Å². The van der Waals surface area contributed by atoms with Gasteiger partial charge in [0.2, 0.25) is 0 Å². The van der Waals surface area contributed by atoms with E-state index in [9.17, 15) is 79.2 Å². The first kappa shape index (κ1) is 55.4. The normalized spacial score (nSPS) is 11.6. The molecule has 12 N–H and O–H groups in total. The van der Waals surface area contributed by atoms with E-state index >= 15 is 33.7 Å². The Morgan fingerprint density at radius 1 is 0.303 bits per heavy atom. The van der Waals surface area contributed by atoms with Gasteiger partial charge in [-0.3, -0.25) is 18.9 Å². The van der Waals surface area contributed by atoms with Gasteiger partial charge in [-0.05, 0) is 60.2 Å². The third-order valence-corrected chi connectivity index (χ3v) is 16.5. The molecule has 0 heterocycles. The lowest BCUT2D eigenvalue weighted by Gasteiger charge is -2.25. The molecule has 0 amide bonds. The van der Waals surface area contributed by atoms with Crippen LogP contribution in [-0.2, 0) is 40.1 Å². The van der Waals surface area contributed by atoms with Crippen LogP contribution in [0.15, 0.2) is 129 Å². The molecule has 32 heteroatoms. The van der Waals surface area contributed by atoms with Gasteiger partial charge in [0, 0.05) is 5.56 Å². The number of hydrogen-bond donors (Lipinski definition) is 12. The number of aromatic carboxylic acids is 8. The van der Waals surface area contributed by atoms with Gasteiger partial charge >= 0.3 is 47.8 Å². The van der Waals surface area contributed by atoms with Crippen LogP contribution in [0.25, 0.3) is 11.1 Å². The predicted octanol–water partition coefficient (Wildman–Crippen LogP) is 4.14. The van der Waals surface area contributed by atoms with E-state index in [1.165, 1.54) is 15.5 Å². The van der Waals surface area contributed by atoms with Crippen LogP contribution >= 0.6 is 0 Å². The number of rotatable bonds is 21. The average Bonchev–Trinajstić information content (AvgIpc) is 3.32. The SMILES string of the molecule is O=C(O)c1cccc(NS(=O)(=O)c2cc(-c3ccccc3)c(S(=O)(=O)Nc3cccc(C(=O)O)c3C(=O)O)c(S(=O)(=O)Nc3cccc(C(=O)O)c3C(=O)O)c2S(=O)(=O)Nc2cccc(C(=O)O)c2C(=O)O)c1C(=O)O. The Morgan fingerprint density at radius 2 is 0.579 bits per heavy atom. The quantitative estimate of drug-likeness (QED) is 0.0482. The lowest BCUT2D eigenvalue weighted by atomic mass is 10.1. The second-order valence-corrected chi connectivity index (χ2v) is 21.6. The molecule has 0 unspecified atom stereocenters. The maximum Gasteiger partial charge on any atom is 0.338 e. The first-order valence-corrected chi connectivity index (χ1v) is 26.0. The zero-order valence-electron chi connectivity index (χ0n) is 37.1. The summed E-state index contributed by atoms with van der Waals surface area (Å²) in [6.45, 7) is 0. The van der Waals surface area contributed by atoms with E-state index in [0.29, 0.717) is 48.5 Å². The Morgan fingerprint density at radius 3 is 0.868 bits per heavy atom. The lowest BCUT2D eigenvalue weighted by molar-refractivity contribution is 0.0652. The van der Waals surface area contributed by atoms with Crippen LogP contribution in [0.3, 0.4) is 0 Å². The fraction of sp³-hybridized carbons (Fsp3) is 0. The number of nitrogens with one attached hydrogen (secondary N) is 4. The van der Waals surface area contributed by atoms with Crippen molar-refractivity contribution in [1.82, 2.24) is 0 Å². The van der Waals surface area contributed by atoms with Gasteiger partial charge in [0.15, 0.2) is 0 Å². The number of hydrogen-bond acceptors (Lipinski definition) is 16. The molecule has 0 saturated heterocycles. The highest BCUT2D eigenvalue weighted by molar-refractivity contribution is 7.98. The second-order valence-electron chi connectivity index (χ2n) is 15.1. The van der Waals surface area contributed by atoms with Crippen LogP contribution < -0.4 is 18.9 Å². The fourth-order valence-electron chi connectivity index (χ4n) is 7.37. The third kappa shape index (κ3) is 10.7. The molecular weight excluding hydrogens is 1100 g/mol. The molecule has 0 atom stereocenters. The summed E-state index contributed by atoms with van der Waals surface area (Å²) >= 11 is 0. The van der Waals surface area contributed by atoms with E-state index in [2.05, 4.69) is 0 Å². The van der Waals surface area contributed by atoms with Gasteiger partial charge in [0.1, 0.15) is 19.6 Å². The van der Waals surface area contributed by atoms with Crippen LogP contribution in [-0.4, -0.2) is 122 Å². The van der Waals surface area contributed by atoms with Gasteiger partial charge < -0.3 is 40.9 Å². The summed E-state index contributed by atoms with van der Waals surface area (Å²) in [5.41, 5.74) is -17.1. The molecule has 0 spiro atoms. The highest BCUT2D eigenvalue weighted by atomic mass is 32.2. The number of benzene rings is 6. The number of sulfonamides is 4. The second kappa shape index (κ2) is 20.5. The third-order valence-electron chi connectivity index (χ3n) is 10.3. The minimum Gasteiger partial charge on any atom is -0.478 e. The maximum absolute atomic E-state index is 15.5. The van der Waals surface area contributed by atoms with Crippen LogP contribution in [0.1, 0.15) is 82.9 Å². The average molecular weight is 1130 g/mol. The number of anilines is 4. The van der Waals surface area contributed by atoms with Gasteiger partial charge in [-0.25, -0.2) is 72.0 Å². The summed E-state index contributed by atoms with van der Waals surface area (Å²) in [5.74, 6) is -16.8. The van der Waals surface area contributed by atoms with Crippen molar-refractivity contribution in [2.75, 3.05) is 18.9 Å². The van der Waals surface area contributed by atoms with Crippen LogP contribution in [0.5, 0.6) is 0 Å². The Bertz CT molecular complexity index is 4030. The molecule has 394 valence electrons. The molecule has 0 saturated carbocycles. The minimum absolute atomic E-state index is 0.118. The van der Waals surface area contributed by atoms with Crippen LogP contribution in [0.4, 0.5) is 22.7 Å². The topological polar surface area (TPSA) is 483 Å². The zero-order valence-corrected chi connectivity index (χ0v) is 40.4. The number of carbonyl (C=O) groups is 8. The van der Waals surface area contributed by atoms with Crippen molar-refractivity contribution >= 4 is 111 Å². The molecule has 0 aliphatic carbocycles. The van der Waals surface area contributed by atoms with E-state index in [1.807, 2.05) is 0 Å². The molecule has 0 bridgehead atoms. The Kier molecular flexibility index (Phi) is 15.0. The monoisotopic (exact) mass is 1130 g/mol. The summed E-state index contributed by atoms with van der Waals surface area (Å²) in [7, 11) is -25.6. The highest BCUT2D eigenvalue weighted by Gasteiger charge is 2.44. The molecule has 0 aliphatic heterocycles. The van der Waals surface area contributed by atoms with Crippen LogP contribution in [0, 0.1) is 0 Å². The van der Waals surface area contributed by atoms with Gasteiger partial charge in [-0.15, -0.1) is 0 Å². The standard InChI is InChI=1S/C44H30N4O24S4/c49-37(50)20-10-4-14-25(30(20)41(57)58)45-73(65,66)29-18-24(19-8-2-1-3-9-19)34(74(67,68)46-26-15-5-11-21(38(51)52)31(26)42(59)60)36(76(71,72)48-28-17-7-13-23(40(55)56)33(28)44(63)64)35(29)75(69,70)47-27-16-6-12-22(39(53)54)32(27)43(61)62/h1-18,45-48H,(H,49,50)(H,51,52)(H,53,54)(H,55,56)(H,57,58)(H,59,60)(H,61,62)(H,63,64). The lowest BCUT2D eigenvalue weighted by Crippen LogP contribution is -2.30. The van der Waals surface area contributed by atoms with Crippen molar-refractivity contribution in [1.29, 1.82) is 0 Å². The molecule has 6 aromatic rings. The fourth-order valence-corrected chi connectivity index (χ4v) is 14.5. The van der Waals surface area contributed by atoms with Gasteiger partial charge in [0.25, 0.3) is 40.1 Å². The van der Waals surface area contributed by atoms with Crippen molar-refractivity contribution in [2.24, 2.45) is 0 Å². The number of carboxylic acids is 8. The summed E-state index contributed by atoms with van der Waals surface area (Å²) in [5, 5.41) is 79.8. The summed E-state index contributed by atoms with van der Waals surface area (Å²) < 4.78 is 129. The summed E-state index contributed by atoms with van der Waals surface area (Å²) in [4.78, 5) is 90.4. The van der Waals surface area contributed by atoms with Crippen LogP contribution in [0.2, 0.25) is 0 Å². The van der Waals surface area contributed by atoms with E-state index in [4.69, 9.17) is 0 Å². The predicted molar refractivity (Wildman–Crippen MR) is 257 cm³/mol. The van der Waals surface area contributed by atoms with Crippen molar-refractivity contribution in [2.45, 2.75) is 19.6 Å². The van der Waals surface area contributed by atoms with Crippen molar-refractivity contribution in [3.63, 3.8) is 0 Å². The van der Waals surface area contributed by atoms with Gasteiger partial charge in [-0.1, -0.05) is 54.6 Å². The zero-order chi connectivity index (χ0) is 56.6. The molecule has 0 aromatic heterocycles. The molecule has 0 aliphatic rings.